The van der Waals surface area contributed by atoms with Gasteiger partial charge in [0.25, 0.3) is 5.91 Å². The van der Waals surface area contributed by atoms with E-state index in [1.165, 1.54) is 12.8 Å². The SMILES string of the molecule is CC1(C)CCC(NC(=O)c2ccc(C#CCN)cc2)CC1. The van der Waals surface area contributed by atoms with E-state index < -0.39 is 0 Å². The fourth-order valence-electron chi connectivity index (χ4n) is 2.67. The molecule has 1 aromatic rings. The molecule has 112 valence electrons. The lowest BCUT2D eigenvalue weighted by atomic mass is 9.75. The van der Waals surface area contributed by atoms with Gasteiger partial charge in [-0.3, -0.25) is 4.79 Å². The Balaban J connectivity index is 1.92. The summed E-state index contributed by atoms with van der Waals surface area (Å²) in [7, 11) is 0. The standard InChI is InChI=1S/C18H24N2O/c1-18(2)11-9-16(10-12-18)20-17(21)15-7-5-14(6-8-15)4-3-13-19/h5-8,16H,9-13,19H2,1-2H3,(H,20,21). The molecule has 0 aromatic heterocycles. The summed E-state index contributed by atoms with van der Waals surface area (Å²) in [4.78, 5) is 12.2. The highest BCUT2D eigenvalue weighted by Gasteiger charge is 2.27. The van der Waals surface area contributed by atoms with Gasteiger partial charge in [0.05, 0.1) is 6.54 Å². The Labute approximate surface area is 127 Å². The number of rotatable bonds is 2. The van der Waals surface area contributed by atoms with Crippen LogP contribution < -0.4 is 11.1 Å². The van der Waals surface area contributed by atoms with Crippen molar-refractivity contribution in [2.45, 2.75) is 45.6 Å². The Hall–Kier alpha value is -1.79. The summed E-state index contributed by atoms with van der Waals surface area (Å²) in [5, 5.41) is 3.14. The molecule has 1 aliphatic carbocycles. The lowest BCUT2D eigenvalue weighted by Gasteiger charge is -2.34. The largest absolute Gasteiger partial charge is 0.349 e. The molecule has 1 fully saturated rings. The quantitative estimate of drug-likeness (QED) is 0.820. The molecule has 0 heterocycles. The molecule has 3 nitrogen and oxygen atoms in total. The van der Waals surface area contributed by atoms with Crippen molar-refractivity contribution in [1.82, 2.24) is 5.32 Å². The van der Waals surface area contributed by atoms with Crippen LogP contribution in [0.1, 0.15) is 55.5 Å². The number of nitrogens with one attached hydrogen (secondary N) is 1. The first-order chi connectivity index (χ1) is 10.00. The number of carbonyl (C=O) groups is 1. The van der Waals surface area contributed by atoms with Crippen molar-refractivity contribution < 1.29 is 4.79 Å². The van der Waals surface area contributed by atoms with Gasteiger partial charge in [-0.15, -0.1) is 0 Å². The summed E-state index contributed by atoms with van der Waals surface area (Å²) in [6, 6.07) is 7.68. The van der Waals surface area contributed by atoms with Gasteiger partial charge in [0, 0.05) is 17.2 Å². The highest BCUT2D eigenvalue weighted by atomic mass is 16.1. The first-order valence-electron chi connectivity index (χ1n) is 7.60. The zero-order valence-corrected chi connectivity index (χ0v) is 12.9. The third kappa shape index (κ3) is 4.61. The summed E-state index contributed by atoms with van der Waals surface area (Å²) < 4.78 is 0. The Morgan fingerprint density at radius 3 is 2.48 bits per heavy atom. The summed E-state index contributed by atoms with van der Waals surface area (Å²) >= 11 is 0. The number of hydrogen-bond acceptors (Lipinski definition) is 2. The Bertz CT molecular complexity index is 539. The van der Waals surface area contributed by atoms with Gasteiger partial charge in [0.2, 0.25) is 0 Å². The second-order valence-electron chi connectivity index (χ2n) is 6.50. The maximum absolute atomic E-state index is 12.2. The van der Waals surface area contributed by atoms with Crippen LogP contribution in [0.2, 0.25) is 0 Å². The third-order valence-electron chi connectivity index (χ3n) is 4.16. The van der Waals surface area contributed by atoms with E-state index in [9.17, 15) is 4.79 Å². The van der Waals surface area contributed by atoms with E-state index in [-0.39, 0.29) is 5.91 Å². The van der Waals surface area contributed by atoms with Gasteiger partial charge in [-0.1, -0.05) is 25.7 Å². The van der Waals surface area contributed by atoms with Crippen LogP contribution >= 0.6 is 0 Å². The van der Waals surface area contributed by atoms with Crippen LogP contribution in [0.5, 0.6) is 0 Å². The molecule has 1 saturated carbocycles. The van der Waals surface area contributed by atoms with Gasteiger partial charge in [-0.25, -0.2) is 0 Å². The lowest BCUT2D eigenvalue weighted by Crippen LogP contribution is -2.39. The van der Waals surface area contributed by atoms with Gasteiger partial charge in [0.1, 0.15) is 0 Å². The van der Waals surface area contributed by atoms with Crippen LogP contribution in [-0.2, 0) is 0 Å². The molecule has 0 spiro atoms. The van der Waals surface area contributed by atoms with Gasteiger partial charge < -0.3 is 11.1 Å². The molecule has 0 bridgehead atoms. The fraction of sp³-hybridized carbons (Fsp3) is 0.500. The molecule has 0 aliphatic heterocycles. The zero-order valence-electron chi connectivity index (χ0n) is 12.9. The topological polar surface area (TPSA) is 55.1 Å². The van der Waals surface area contributed by atoms with Crippen LogP contribution in [0.25, 0.3) is 0 Å². The lowest BCUT2D eigenvalue weighted by molar-refractivity contribution is 0.0909. The second kappa shape index (κ2) is 6.78. The highest BCUT2D eigenvalue weighted by molar-refractivity contribution is 5.94. The average molecular weight is 284 g/mol. The van der Waals surface area contributed by atoms with Crippen molar-refractivity contribution in [2.75, 3.05) is 6.54 Å². The number of amides is 1. The normalized spacial score (nSPS) is 17.7. The first kappa shape index (κ1) is 15.6. The smallest absolute Gasteiger partial charge is 0.251 e. The number of hydrogen-bond donors (Lipinski definition) is 2. The molecule has 3 N–H and O–H groups in total. The molecule has 3 heteroatoms. The van der Waals surface area contributed by atoms with Crippen LogP contribution in [-0.4, -0.2) is 18.5 Å². The fourth-order valence-corrected chi connectivity index (χ4v) is 2.67. The van der Waals surface area contributed by atoms with E-state index in [1.54, 1.807) is 0 Å². The Morgan fingerprint density at radius 2 is 1.90 bits per heavy atom. The molecule has 1 amide bonds. The minimum Gasteiger partial charge on any atom is -0.349 e. The molecule has 1 aromatic carbocycles. The molecule has 0 atom stereocenters. The Kier molecular flexibility index (Phi) is 5.03. The summed E-state index contributed by atoms with van der Waals surface area (Å²) in [6.07, 6.45) is 4.48. The van der Waals surface area contributed by atoms with Crippen molar-refractivity contribution in [2.24, 2.45) is 11.1 Å². The first-order valence-corrected chi connectivity index (χ1v) is 7.60. The van der Waals surface area contributed by atoms with Crippen LogP contribution in [0, 0.1) is 17.3 Å². The van der Waals surface area contributed by atoms with Crippen molar-refractivity contribution >= 4 is 5.91 Å². The molecule has 21 heavy (non-hydrogen) atoms. The number of benzene rings is 1. The van der Waals surface area contributed by atoms with E-state index in [0.29, 0.717) is 23.6 Å². The highest BCUT2D eigenvalue weighted by Crippen LogP contribution is 2.35. The van der Waals surface area contributed by atoms with E-state index in [1.807, 2.05) is 24.3 Å². The minimum absolute atomic E-state index is 0.0121. The van der Waals surface area contributed by atoms with Crippen molar-refractivity contribution in [3.63, 3.8) is 0 Å². The van der Waals surface area contributed by atoms with Gasteiger partial charge >= 0.3 is 0 Å². The van der Waals surface area contributed by atoms with Crippen LogP contribution in [0.4, 0.5) is 0 Å². The van der Waals surface area contributed by atoms with E-state index in [2.05, 4.69) is 31.0 Å². The van der Waals surface area contributed by atoms with Gasteiger partial charge in [-0.05, 0) is 55.4 Å². The molecule has 1 aliphatic rings. The molecule has 0 unspecified atom stereocenters. The van der Waals surface area contributed by atoms with Gasteiger partial charge in [-0.2, -0.15) is 0 Å². The van der Waals surface area contributed by atoms with E-state index in [0.717, 1.165) is 18.4 Å². The predicted octanol–water partition coefficient (Wildman–Crippen LogP) is 2.70. The van der Waals surface area contributed by atoms with Crippen molar-refractivity contribution in [3.8, 4) is 11.8 Å². The zero-order chi connectivity index (χ0) is 15.3. The monoisotopic (exact) mass is 284 g/mol. The summed E-state index contributed by atoms with van der Waals surface area (Å²) in [6.45, 7) is 4.94. The summed E-state index contributed by atoms with van der Waals surface area (Å²) in [5.41, 5.74) is 7.34. The molecule has 2 rings (SSSR count). The molecule has 0 saturated heterocycles. The molecule has 0 radical (unpaired) electrons. The van der Waals surface area contributed by atoms with Crippen molar-refractivity contribution in [1.29, 1.82) is 0 Å². The number of carbonyl (C=O) groups excluding carboxylic acids is 1. The van der Waals surface area contributed by atoms with Crippen molar-refractivity contribution in [3.05, 3.63) is 35.4 Å². The number of nitrogens with two attached hydrogens (primary N) is 1. The second-order valence-corrected chi connectivity index (χ2v) is 6.50. The predicted molar refractivity (Wildman–Crippen MR) is 85.9 cm³/mol. The van der Waals surface area contributed by atoms with Gasteiger partial charge in [0.15, 0.2) is 0 Å². The molecular formula is C18H24N2O. The molecular weight excluding hydrogens is 260 g/mol. The van der Waals surface area contributed by atoms with Crippen LogP contribution in [0.3, 0.4) is 0 Å². The maximum Gasteiger partial charge on any atom is 0.251 e. The summed E-state index contributed by atoms with van der Waals surface area (Å²) in [5.74, 6) is 5.77. The maximum atomic E-state index is 12.2. The van der Waals surface area contributed by atoms with E-state index in [4.69, 9.17) is 5.73 Å². The minimum atomic E-state index is 0.0121. The average Bonchev–Trinajstić information content (AvgIpc) is 2.48. The Morgan fingerprint density at radius 1 is 1.29 bits per heavy atom. The van der Waals surface area contributed by atoms with E-state index >= 15 is 0 Å². The van der Waals surface area contributed by atoms with Crippen LogP contribution in [0.15, 0.2) is 24.3 Å². The third-order valence-corrected chi connectivity index (χ3v) is 4.16.